The minimum atomic E-state index is -0.0937. The molecule has 0 aliphatic carbocycles. The van der Waals surface area contributed by atoms with Crippen LogP contribution in [-0.2, 0) is 5.75 Å². The highest BCUT2D eigenvalue weighted by Crippen LogP contribution is 2.25. The number of thioether (sulfide) groups is 1. The molecule has 0 radical (unpaired) electrons. The fraction of sp³-hybridized carbons (Fsp3) is 0.0625. The van der Waals surface area contributed by atoms with Crippen molar-refractivity contribution in [1.82, 2.24) is 19.5 Å². The van der Waals surface area contributed by atoms with Gasteiger partial charge in [0.05, 0.1) is 11.3 Å². The van der Waals surface area contributed by atoms with Gasteiger partial charge in [0, 0.05) is 23.1 Å². The van der Waals surface area contributed by atoms with Crippen molar-refractivity contribution in [2.45, 2.75) is 10.9 Å². The first-order valence-electron chi connectivity index (χ1n) is 7.09. The molecule has 0 saturated heterocycles. The molecule has 3 aromatic heterocycles. The van der Waals surface area contributed by atoms with Gasteiger partial charge in [-0.15, -0.1) is 11.3 Å². The molecule has 0 saturated carbocycles. The van der Waals surface area contributed by atoms with E-state index in [0.717, 1.165) is 16.4 Å². The van der Waals surface area contributed by atoms with Crippen LogP contribution in [0.5, 0.6) is 0 Å². The van der Waals surface area contributed by atoms with E-state index in [1.54, 1.807) is 6.20 Å². The number of H-pyrrole nitrogens is 1. The Labute approximate surface area is 150 Å². The molecule has 3 heterocycles. The van der Waals surface area contributed by atoms with Gasteiger partial charge in [0.15, 0.2) is 5.16 Å². The van der Waals surface area contributed by atoms with Crippen molar-refractivity contribution in [2.24, 2.45) is 0 Å². The fourth-order valence-electron chi connectivity index (χ4n) is 2.34. The van der Waals surface area contributed by atoms with E-state index in [2.05, 4.69) is 15.0 Å². The molecule has 1 aromatic carbocycles. The molecule has 0 fully saturated rings. The van der Waals surface area contributed by atoms with Crippen LogP contribution in [0.15, 0.2) is 58.1 Å². The van der Waals surface area contributed by atoms with E-state index in [1.165, 1.54) is 23.1 Å². The van der Waals surface area contributed by atoms with Gasteiger partial charge in [0.25, 0.3) is 5.56 Å². The highest BCUT2D eigenvalue weighted by atomic mass is 35.5. The number of thiophene rings is 1. The minimum absolute atomic E-state index is 0.0937. The van der Waals surface area contributed by atoms with Crippen LogP contribution in [0.2, 0.25) is 5.02 Å². The number of hydrogen-bond donors (Lipinski definition) is 1. The Bertz CT molecular complexity index is 1070. The lowest BCUT2D eigenvalue weighted by Crippen LogP contribution is -2.09. The van der Waals surface area contributed by atoms with Crippen molar-refractivity contribution in [3.63, 3.8) is 0 Å². The van der Waals surface area contributed by atoms with Crippen LogP contribution >= 0.6 is 34.7 Å². The Morgan fingerprint density at radius 1 is 1.33 bits per heavy atom. The van der Waals surface area contributed by atoms with Gasteiger partial charge in [-0.05, 0) is 29.6 Å². The van der Waals surface area contributed by atoms with Crippen molar-refractivity contribution < 1.29 is 0 Å². The van der Waals surface area contributed by atoms with Gasteiger partial charge in [-0.3, -0.25) is 9.36 Å². The summed E-state index contributed by atoms with van der Waals surface area (Å²) in [6.07, 6.45) is 3.62. The summed E-state index contributed by atoms with van der Waals surface area (Å²) in [7, 11) is 0. The predicted molar refractivity (Wildman–Crippen MR) is 98.4 cm³/mol. The summed E-state index contributed by atoms with van der Waals surface area (Å²) in [6, 6.07) is 9.44. The number of fused-ring (bicyclic) bond motifs is 1. The Morgan fingerprint density at radius 3 is 3.12 bits per heavy atom. The largest absolute Gasteiger partial charge is 0.309 e. The molecule has 4 rings (SSSR count). The second kappa shape index (κ2) is 6.43. The summed E-state index contributed by atoms with van der Waals surface area (Å²) in [5.41, 5.74) is 1.58. The van der Waals surface area contributed by atoms with Crippen molar-refractivity contribution >= 4 is 44.9 Å². The van der Waals surface area contributed by atoms with E-state index in [0.29, 0.717) is 21.3 Å². The van der Waals surface area contributed by atoms with Gasteiger partial charge >= 0.3 is 0 Å². The molecule has 0 atom stereocenters. The molecular formula is C16H11ClN4OS2. The third-order valence-electron chi connectivity index (χ3n) is 3.40. The first kappa shape index (κ1) is 15.4. The predicted octanol–water partition coefficient (Wildman–Crippen LogP) is 4.12. The van der Waals surface area contributed by atoms with Gasteiger partial charge < -0.3 is 4.98 Å². The standard InChI is InChI=1S/C16H11ClN4OS2/c17-10-2-1-3-11(8-10)21-6-5-18-16(21)24-9-13-19-12-4-7-23-14(12)15(22)20-13/h1-8H,9H2,(H,19,20,22). The van der Waals surface area contributed by atoms with Crippen LogP contribution < -0.4 is 5.56 Å². The smallest absolute Gasteiger partial charge is 0.268 e. The zero-order chi connectivity index (χ0) is 16.5. The maximum Gasteiger partial charge on any atom is 0.268 e. The molecule has 8 heteroatoms. The summed E-state index contributed by atoms with van der Waals surface area (Å²) in [5, 5.41) is 3.35. The number of aromatic amines is 1. The lowest BCUT2D eigenvalue weighted by molar-refractivity contribution is 0.892. The van der Waals surface area contributed by atoms with Gasteiger partial charge in [0.2, 0.25) is 0 Å². The number of nitrogens with one attached hydrogen (secondary N) is 1. The average molecular weight is 375 g/mol. The van der Waals surface area contributed by atoms with E-state index in [9.17, 15) is 4.79 Å². The number of imidazole rings is 1. The summed E-state index contributed by atoms with van der Waals surface area (Å²) in [6.45, 7) is 0. The number of halogens is 1. The lowest BCUT2D eigenvalue weighted by Gasteiger charge is -2.07. The maximum atomic E-state index is 12.0. The van der Waals surface area contributed by atoms with Crippen molar-refractivity contribution in [1.29, 1.82) is 0 Å². The van der Waals surface area contributed by atoms with Crippen LogP contribution in [0.3, 0.4) is 0 Å². The second-order valence-corrected chi connectivity index (χ2v) is 7.29. The number of nitrogens with zero attached hydrogens (tertiary/aromatic N) is 3. The van der Waals surface area contributed by atoms with Crippen molar-refractivity contribution in [3.05, 3.63) is 69.3 Å². The quantitative estimate of drug-likeness (QED) is 0.546. The van der Waals surface area contributed by atoms with E-state index in [-0.39, 0.29) is 5.56 Å². The van der Waals surface area contributed by atoms with Crippen molar-refractivity contribution in [3.8, 4) is 5.69 Å². The number of aromatic nitrogens is 4. The highest BCUT2D eigenvalue weighted by Gasteiger charge is 2.09. The Morgan fingerprint density at radius 2 is 2.25 bits per heavy atom. The van der Waals surface area contributed by atoms with Gasteiger partial charge in [-0.25, -0.2) is 9.97 Å². The Hall–Kier alpha value is -2.09. The summed E-state index contributed by atoms with van der Waals surface area (Å²) in [4.78, 5) is 23.7. The SMILES string of the molecule is O=c1[nH]c(CSc2nccn2-c2cccc(Cl)c2)nc2ccsc12. The molecule has 0 aliphatic heterocycles. The average Bonchev–Trinajstić information content (AvgIpc) is 3.22. The van der Waals surface area contributed by atoms with Crippen LogP contribution in [0.4, 0.5) is 0 Å². The number of rotatable bonds is 4. The molecular weight excluding hydrogens is 364 g/mol. The van der Waals surface area contributed by atoms with Crippen LogP contribution in [-0.4, -0.2) is 19.5 Å². The summed E-state index contributed by atoms with van der Waals surface area (Å²) < 4.78 is 2.61. The second-order valence-electron chi connectivity index (χ2n) is 5.00. The van der Waals surface area contributed by atoms with E-state index in [1.807, 2.05) is 46.5 Å². The summed E-state index contributed by atoms with van der Waals surface area (Å²) >= 11 is 8.96. The summed E-state index contributed by atoms with van der Waals surface area (Å²) in [5.74, 6) is 1.16. The van der Waals surface area contributed by atoms with Gasteiger partial charge in [-0.1, -0.05) is 29.4 Å². The first-order chi connectivity index (χ1) is 11.7. The van der Waals surface area contributed by atoms with E-state index >= 15 is 0 Å². The van der Waals surface area contributed by atoms with Gasteiger partial charge in [-0.2, -0.15) is 0 Å². The molecule has 0 amide bonds. The minimum Gasteiger partial charge on any atom is -0.309 e. The fourth-order valence-corrected chi connectivity index (χ4v) is 4.10. The zero-order valence-corrected chi connectivity index (χ0v) is 14.7. The lowest BCUT2D eigenvalue weighted by atomic mass is 10.3. The molecule has 24 heavy (non-hydrogen) atoms. The first-order valence-corrected chi connectivity index (χ1v) is 9.33. The van der Waals surface area contributed by atoms with Crippen LogP contribution in [0, 0.1) is 0 Å². The maximum absolute atomic E-state index is 12.0. The molecule has 0 spiro atoms. The normalized spacial score (nSPS) is 11.2. The van der Waals surface area contributed by atoms with Crippen LogP contribution in [0.25, 0.3) is 15.9 Å². The molecule has 5 nitrogen and oxygen atoms in total. The van der Waals surface area contributed by atoms with Crippen LogP contribution in [0.1, 0.15) is 5.82 Å². The third-order valence-corrected chi connectivity index (χ3v) is 5.51. The molecule has 1 N–H and O–H groups in total. The third kappa shape index (κ3) is 2.98. The molecule has 0 unspecified atom stereocenters. The molecule has 120 valence electrons. The van der Waals surface area contributed by atoms with E-state index < -0.39 is 0 Å². The monoisotopic (exact) mass is 374 g/mol. The van der Waals surface area contributed by atoms with E-state index in [4.69, 9.17) is 11.6 Å². The Balaban J connectivity index is 1.60. The zero-order valence-electron chi connectivity index (χ0n) is 12.3. The molecule has 0 bridgehead atoms. The highest BCUT2D eigenvalue weighted by molar-refractivity contribution is 7.98. The topological polar surface area (TPSA) is 63.6 Å². The van der Waals surface area contributed by atoms with Gasteiger partial charge in [0.1, 0.15) is 10.5 Å². The molecule has 0 aliphatic rings. The Kier molecular flexibility index (Phi) is 4.13. The number of hydrogen-bond acceptors (Lipinski definition) is 5. The molecule has 4 aromatic rings. The number of benzene rings is 1. The van der Waals surface area contributed by atoms with Crippen molar-refractivity contribution in [2.75, 3.05) is 0 Å².